The second kappa shape index (κ2) is 5.65. The first kappa shape index (κ1) is 13.3. The zero-order valence-electron chi connectivity index (χ0n) is 11.0. The predicted molar refractivity (Wildman–Crippen MR) is 71.8 cm³/mol. The average Bonchev–Trinajstić information content (AvgIpc) is 2.71. The normalized spacial score (nSPS) is 10.5. The van der Waals surface area contributed by atoms with E-state index in [1.807, 2.05) is 13.8 Å². The lowest BCUT2D eigenvalue weighted by molar-refractivity contribution is -0.116. The molecule has 19 heavy (non-hydrogen) atoms. The van der Waals surface area contributed by atoms with Crippen LogP contribution in [0.4, 0.5) is 10.2 Å². The number of aryl methyl sites for hydroxylation is 1. The molecule has 0 fully saturated rings. The van der Waals surface area contributed by atoms with Gasteiger partial charge in [0, 0.05) is 12.5 Å². The van der Waals surface area contributed by atoms with E-state index in [9.17, 15) is 9.18 Å². The van der Waals surface area contributed by atoms with E-state index < -0.39 is 0 Å². The number of carbonyl (C=O) groups is 1. The summed E-state index contributed by atoms with van der Waals surface area (Å²) < 4.78 is 14.5. The van der Waals surface area contributed by atoms with Gasteiger partial charge in [-0.1, -0.05) is 6.92 Å². The molecule has 0 unspecified atom stereocenters. The number of hydrogen-bond acceptors (Lipinski definition) is 2. The summed E-state index contributed by atoms with van der Waals surface area (Å²) in [5.74, 6) is 0.248. The number of hydrogen-bond donors (Lipinski definition) is 1. The Morgan fingerprint density at radius 1 is 1.37 bits per heavy atom. The smallest absolute Gasteiger partial charge is 0.225 e. The molecule has 0 bridgehead atoms. The SMILES string of the molecule is CCCC(=O)Nc1cc(C)nn1-c1ccc(F)cc1. The minimum atomic E-state index is -0.302. The summed E-state index contributed by atoms with van der Waals surface area (Å²) in [7, 11) is 0. The molecule has 0 saturated carbocycles. The van der Waals surface area contributed by atoms with Gasteiger partial charge in [0.1, 0.15) is 11.6 Å². The number of anilines is 1. The van der Waals surface area contributed by atoms with Crippen molar-refractivity contribution in [1.82, 2.24) is 9.78 Å². The van der Waals surface area contributed by atoms with Crippen LogP contribution in [0.5, 0.6) is 0 Å². The highest BCUT2D eigenvalue weighted by molar-refractivity contribution is 5.90. The number of carbonyl (C=O) groups excluding carboxylic acids is 1. The highest BCUT2D eigenvalue weighted by Crippen LogP contribution is 2.17. The van der Waals surface area contributed by atoms with Gasteiger partial charge >= 0.3 is 0 Å². The molecule has 0 aliphatic heterocycles. The maximum absolute atomic E-state index is 12.9. The summed E-state index contributed by atoms with van der Waals surface area (Å²) in [5.41, 5.74) is 1.50. The number of nitrogens with zero attached hydrogens (tertiary/aromatic N) is 2. The molecule has 1 N–H and O–H groups in total. The zero-order valence-corrected chi connectivity index (χ0v) is 11.0. The van der Waals surface area contributed by atoms with Crippen LogP contribution in [0.3, 0.4) is 0 Å². The predicted octanol–water partition coefficient (Wildman–Crippen LogP) is 3.06. The second-order valence-electron chi connectivity index (χ2n) is 4.36. The van der Waals surface area contributed by atoms with Crippen molar-refractivity contribution in [2.75, 3.05) is 5.32 Å². The molecule has 0 saturated heterocycles. The molecular weight excluding hydrogens is 245 g/mol. The van der Waals surface area contributed by atoms with Crippen molar-refractivity contribution >= 4 is 11.7 Å². The number of nitrogens with one attached hydrogen (secondary N) is 1. The highest BCUT2D eigenvalue weighted by Gasteiger charge is 2.10. The highest BCUT2D eigenvalue weighted by atomic mass is 19.1. The molecule has 0 spiro atoms. The van der Waals surface area contributed by atoms with Gasteiger partial charge in [0.25, 0.3) is 0 Å². The fourth-order valence-corrected chi connectivity index (χ4v) is 1.80. The first-order valence-corrected chi connectivity index (χ1v) is 6.22. The Balaban J connectivity index is 2.30. The number of amides is 1. The van der Waals surface area contributed by atoms with Gasteiger partial charge in [-0.05, 0) is 37.6 Å². The number of benzene rings is 1. The van der Waals surface area contributed by atoms with E-state index in [2.05, 4.69) is 10.4 Å². The third kappa shape index (κ3) is 3.19. The van der Waals surface area contributed by atoms with Crippen LogP contribution in [0.1, 0.15) is 25.5 Å². The van der Waals surface area contributed by atoms with Crippen molar-refractivity contribution in [1.29, 1.82) is 0 Å². The molecule has 1 amide bonds. The van der Waals surface area contributed by atoms with E-state index in [-0.39, 0.29) is 11.7 Å². The molecule has 1 aromatic heterocycles. The topological polar surface area (TPSA) is 46.9 Å². The van der Waals surface area contributed by atoms with Crippen LogP contribution in [0.2, 0.25) is 0 Å². The van der Waals surface area contributed by atoms with Gasteiger partial charge in [-0.3, -0.25) is 4.79 Å². The van der Waals surface area contributed by atoms with Crippen LogP contribution in [0.25, 0.3) is 5.69 Å². The maximum atomic E-state index is 12.9. The van der Waals surface area contributed by atoms with Crippen molar-refractivity contribution in [2.45, 2.75) is 26.7 Å². The molecule has 5 heteroatoms. The third-order valence-corrected chi connectivity index (χ3v) is 2.65. The number of rotatable bonds is 4. The Morgan fingerprint density at radius 2 is 2.05 bits per heavy atom. The summed E-state index contributed by atoms with van der Waals surface area (Å²) in [5, 5.41) is 7.12. The maximum Gasteiger partial charge on any atom is 0.225 e. The van der Waals surface area contributed by atoms with Gasteiger partial charge in [0.05, 0.1) is 11.4 Å². The van der Waals surface area contributed by atoms with E-state index in [1.54, 1.807) is 22.9 Å². The van der Waals surface area contributed by atoms with Crippen LogP contribution < -0.4 is 5.32 Å². The van der Waals surface area contributed by atoms with Crippen LogP contribution in [0, 0.1) is 12.7 Å². The van der Waals surface area contributed by atoms with Gasteiger partial charge in [-0.15, -0.1) is 0 Å². The quantitative estimate of drug-likeness (QED) is 0.919. The molecule has 0 aliphatic rings. The second-order valence-corrected chi connectivity index (χ2v) is 4.36. The summed E-state index contributed by atoms with van der Waals surface area (Å²) in [6.07, 6.45) is 1.25. The summed E-state index contributed by atoms with van der Waals surface area (Å²) in [4.78, 5) is 11.6. The van der Waals surface area contributed by atoms with E-state index in [4.69, 9.17) is 0 Å². The molecule has 2 rings (SSSR count). The Kier molecular flexibility index (Phi) is 3.94. The Morgan fingerprint density at radius 3 is 2.68 bits per heavy atom. The van der Waals surface area contributed by atoms with E-state index in [0.29, 0.717) is 17.9 Å². The molecule has 4 nitrogen and oxygen atoms in total. The van der Waals surface area contributed by atoms with E-state index in [0.717, 1.165) is 12.1 Å². The number of aromatic nitrogens is 2. The fourth-order valence-electron chi connectivity index (χ4n) is 1.80. The lowest BCUT2D eigenvalue weighted by Gasteiger charge is -2.08. The summed E-state index contributed by atoms with van der Waals surface area (Å²) in [6, 6.07) is 7.76. The van der Waals surface area contributed by atoms with Crippen molar-refractivity contribution in [2.24, 2.45) is 0 Å². The standard InChI is InChI=1S/C14H16FN3O/c1-3-4-14(19)16-13-9-10(2)17-18(13)12-7-5-11(15)6-8-12/h5-9H,3-4H2,1-2H3,(H,16,19). The fraction of sp³-hybridized carbons (Fsp3) is 0.286. The molecule has 0 radical (unpaired) electrons. The van der Waals surface area contributed by atoms with Crippen molar-refractivity contribution < 1.29 is 9.18 Å². The molecule has 1 aromatic carbocycles. The van der Waals surface area contributed by atoms with Crippen LogP contribution in [0.15, 0.2) is 30.3 Å². The van der Waals surface area contributed by atoms with Gasteiger partial charge < -0.3 is 5.32 Å². The van der Waals surface area contributed by atoms with Crippen molar-refractivity contribution in [3.05, 3.63) is 41.8 Å². The summed E-state index contributed by atoms with van der Waals surface area (Å²) >= 11 is 0. The lowest BCUT2D eigenvalue weighted by atomic mass is 10.3. The largest absolute Gasteiger partial charge is 0.311 e. The molecular formula is C14H16FN3O. The van der Waals surface area contributed by atoms with Crippen LogP contribution >= 0.6 is 0 Å². The molecule has 2 aromatic rings. The van der Waals surface area contributed by atoms with Gasteiger partial charge in [0.2, 0.25) is 5.91 Å². The van der Waals surface area contributed by atoms with Gasteiger partial charge in [0.15, 0.2) is 0 Å². The minimum Gasteiger partial charge on any atom is -0.311 e. The Hall–Kier alpha value is -2.17. The minimum absolute atomic E-state index is 0.0502. The van der Waals surface area contributed by atoms with Crippen LogP contribution in [-0.2, 0) is 4.79 Å². The monoisotopic (exact) mass is 261 g/mol. The molecule has 0 aliphatic carbocycles. The van der Waals surface area contributed by atoms with Gasteiger partial charge in [-0.2, -0.15) is 5.10 Å². The molecule has 0 atom stereocenters. The van der Waals surface area contributed by atoms with Crippen LogP contribution in [-0.4, -0.2) is 15.7 Å². The van der Waals surface area contributed by atoms with E-state index in [1.165, 1.54) is 12.1 Å². The third-order valence-electron chi connectivity index (χ3n) is 2.65. The molecule has 1 heterocycles. The van der Waals surface area contributed by atoms with E-state index >= 15 is 0 Å². The first-order chi connectivity index (χ1) is 9.10. The van der Waals surface area contributed by atoms with Crippen molar-refractivity contribution in [3.8, 4) is 5.69 Å². The zero-order chi connectivity index (χ0) is 13.8. The molecule has 100 valence electrons. The average molecular weight is 261 g/mol. The summed E-state index contributed by atoms with van der Waals surface area (Å²) in [6.45, 7) is 3.79. The Bertz CT molecular complexity index is 575. The van der Waals surface area contributed by atoms with Gasteiger partial charge in [-0.25, -0.2) is 9.07 Å². The first-order valence-electron chi connectivity index (χ1n) is 6.22. The van der Waals surface area contributed by atoms with Crippen molar-refractivity contribution in [3.63, 3.8) is 0 Å². The Labute approximate surface area is 111 Å². The number of halogens is 1. The lowest BCUT2D eigenvalue weighted by Crippen LogP contribution is -2.14.